The molecule has 4 nitrogen and oxygen atoms in total. The van der Waals surface area contributed by atoms with Gasteiger partial charge in [0.1, 0.15) is 9.75 Å². The number of hydrogen-bond donors (Lipinski definition) is 1. The minimum atomic E-state index is -1.09. The van der Waals surface area contributed by atoms with E-state index in [0.29, 0.717) is 6.42 Å². The van der Waals surface area contributed by atoms with Gasteiger partial charge in [-0.2, -0.15) is 0 Å². The summed E-state index contributed by atoms with van der Waals surface area (Å²) in [5, 5.41) is 2.85. The average Bonchev–Trinajstić information content (AvgIpc) is 3.04. The molecule has 2 rings (SSSR count). The number of ether oxygens (including phenoxy) is 1. The summed E-state index contributed by atoms with van der Waals surface area (Å²) in [7, 11) is 0. The van der Waals surface area contributed by atoms with Gasteiger partial charge in [0.15, 0.2) is 6.61 Å². The van der Waals surface area contributed by atoms with Crippen molar-refractivity contribution >= 4 is 40.8 Å². The largest absolute Gasteiger partial charge is 0.455 e. The summed E-state index contributed by atoms with van der Waals surface area (Å²) in [6.45, 7) is 5.34. The SMILES string of the molecule is CCc1cccc(CC)c1NC(=O)COC(=O)[C@@]1(C)CC1(Cl)Cl. The van der Waals surface area contributed by atoms with E-state index < -0.39 is 15.7 Å². The number of alkyl halides is 2. The molecule has 126 valence electrons. The van der Waals surface area contributed by atoms with Gasteiger partial charge in [-0.05, 0) is 30.9 Å². The van der Waals surface area contributed by atoms with E-state index in [-0.39, 0.29) is 12.5 Å². The van der Waals surface area contributed by atoms with E-state index in [4.69, 9.17) is 27.9 Å². The molecule has 0 heterocycles. The maximum atomic E-state index is 12.1. The number of carbonyl (C=O) groups excluding carboxylic acids is 2. The van der Waals surface area contributed by atoms with Crippen LogP contribution in [-0.4, -0.2) is 22.8 Å². The molecule has 6 heteroatoms. The van der Waals surface area contributed by atoms with E-state index in [2.05, 4.69) is 5.32 Å². The van der Waals surface area contributed by atoms with Gasteiger partial charge < -0.3 is 10.1 Å². The first-order chi connectivity index (χ1) is 10.7. The lowest BCUT2D eigenvalue weighted by Gasteiger charge is -2.15. The molecule has 1 fully saturated rings. The Morgan fingerprint density at radius 2 is 1.74 bits per heavy atom. The quantitative estimate of drug-likeness (QED) is 0.620. The van der Waals surface area contributed by atoms with Crippen molar-refractivity contribution in [1.82, 2.24) is 0 Å². The Morgan fingerprint density at radius 3 is 2.17 bits per heavy atom. The van der Waals surface area contributed by atoms with E-state index in [9.17, 15) is 9.59 Å². The number of anilines is 1. The Hall–Kier alpha value is -1.26. The maximum Gasteiger partial charge on any atom is 0.315 e. The highest BCUT2D eigenvalue weighted by molar-refractivity contribution is 6.53. The first kappa shape index (κ1) is 18.1. The van der Waals surface area contributed by atoms with E-state index in [0.717, 1.165) is 29.7 Å². The maximum absolute atomic E-state index is 12.1. The minimum absolute atomic E-state index is 0.336. The number of esters is 1. The molecule has 0 spiro atoms. The predicted octanol–water partition coefficient (Wildman–Crippen LogP) is 3.88. The van der Waals surface area contributed by atoms with Crippen molar-refractivity contribution in [2.45, 2.75) is 44.4 Å². The molecule has 1 aromatic rings. The molecule has 0 aliphatic heterocycles. The third-order valence-corrected chi connectivity index (χ3v) is 5.41. The number of nitrogens with one attached hydrogen (secondary N) is 1. The van der Waals surface area contributed by atoms with Crippen molar-refractivity contribution < 1.29 is 14.3 Å². The van der Waals surface area contributed by atoms with Crippen molar-refractivity contribution in [1.29, 1.82) is 0 Å². The van der Waals surface area contributed by atoms with Crippen molar-refractivity contribution in [2.24, 2.45) is 5.41 Å². The number of rotatable bonds is 6. The molecule has 1 atom stereocenters. The van der Waals surface area contributed by atoms with E-state index in [1.807, 2.05) is 32.0 Å². The molecule has 1 aliphatic rings. The first-order valence-electron chi connectivity index (χ1n) is 7.71. The van der Waals surface area contributed by atoms with E-state index in [1.165, 1.54) is 0 Å². The lowest BCUT2D eigenvalue weighted by atomic mass is 10.0. The second-order valence-electron chi connectivity index (χ2n) is 6.00. The van der Waals surface area contributed by atoms with E-state index in [1.54, 1.807) is 6.92 Å². The monoisotopic (exact) mass is 357 g/mol. The van der Waals surface area contributed by atoms with Gasteiger partial charge in [0.05, 0.1) is 0 Å². The molecule has 0 radical (unpaired) electrons. The number of para-hydroxylation sites is 1. The van der Waals surface area contributed by atoms with Crippen molar-refractivity contribution in [2.75, 3.05) is 11.9 Å². The summed E-state index contributed by atoms with van der Waals surface area (Å²) >= 11 is 11.9. The van der Waals surface area contributed by atoms with E-state index >= 15 is 0 Å². The second kappa shape index (κ2) is 6.70. The number of amides is 1. The van der Waals surface area contributed by atoms with Gasteiger partial charge in [-0.15, -0.1) is 23.2 Å². The average molecular weight is 358 g/mol. The van der Waals surface area contributed by atoms with Crippen molar-refractivity contribution in [3.63, 3.8) is 0 Å². The number of hydrogen-bond acceptors (Lipinski definition) is 3. The lowest BCUT2D eigenvalue weighted by molar-refractivity contribution is -0.152. The number of halogens is 2. The summed E-state index contributed by atoms with van der Waals surface area (Å²) in [6, 6.07) is 5.92. The van der Waals surface area contributed by atoms with Crippen molar-refractivity contribution in [3.8, 4) is 0 Å². The molecule has 0 aromatic heterocycles. The fourth-order valence-corrected chi connectivity index (χ4v) is 3.18. The Labute approximate surface area is 146 Å². The Bertz CT molecular complexity index is 608. The molecular formula is C17H21Cl2NO3. The number of carbonyl (C=O) groups is 2. The molecule has 1 aromatic carbocycles. The van der Waals surface area contributed by atoms with Crippen LogP contribution >= 0.6 is 23.2 Å². The lowest BCUT2D eigenvalue weighted by Crippen LogP contribution is -2.27. The fraction of sp³-hybridized carbons (Fsp3) is 0.529. The van der Waals surface area contributed by atoms with Gasteiger partial charge in [-0.3, -0.25) is 9.59 Å². The molecule has 1 saturated carbocycles. The highest BCUT2D eigenvalue weighted by Crippen LogP contribution is 2.64. The van der Waals surface area contributed by atoms with Crippen LogP contribution in [0.15, 0.2) is 18.2 Å². The minimum Gasteiger partial charge on any atom is -0.455 e. The molecule has 23 heavy (non-hydrogen) atoms. The molecule has 0 bridgehead atoms. The highest BCUT2D eigenvalue weighted by Gasteiger charge is 2.69. The highest BCUT2D eigenvalue weighted by atomic mass is 35.5. The summed E-state index contributed by atoms with van der Waals surface area (Å²) in [4.78, 5) is 24.1. The van der Waals surface area contributed by atoms with Gasteiger partial charge in [-0.25, -0.2) is 0 Å². The third-order valence-electron chi connectivity index (χ3n) is 4.31. The van der Waals surface area contributed by atoms with Crippen LogP contribution < -0.4 is 5.32 Å². The molecule has 1 N–H and O–H groups in total. The van der Waals surface area contributed by atoms with Crippen molar-refractivity contribution in [3.05, 3.63) is 29.3 Å². The van der Waals surface area contributed by atoms with Gasteiger partial charge in [0, 0.05) is 12.1 Å². The predicted molar refractivity (Wildman–Crippen MR) is 91.9 cm³/mol. The first-order valence-corrected chi connectivity index (χ1v) is 8.46. The zero-order valence-electron chi connectivity index (χ0n) is 13.5. The normalized spacial score (nSPS) is 21.6. The smallest absolute Gasteiger partial charge is 0.315 e. The number of benzene rings is 1. The van der Waals surface area contributed by atoms with Crippen LogP contribution in [0.4, 0.5) is 5.69 Å². The second-order valence-corrected chi connectivity index (χ2v) is 7.48. The topological polar surface area (TPSA) is 55.4 Å². The molecule has 0 saturated heterocycles. The van der Waals surface area contributed by atoms with Gasteiger partial charge in [-0.1, -0.05) is 32.0 Å². The van der Waals surface area contributed by atoms with Crippen LogP contribution in [0, 0.1) is 5.41 Å². The van der Waals surface area contributed by atoms with Gasteiger partial charge in [0.2, 0.25) is 0 Å². The third kappa shape index (κ3) is 3.64. The van der Waals surface area contributed by atoms with Gasteiger partial charge in [0.25, 0.3) is 5.91 Å². The van der Waals surface area contributed by atoms with Crippen LogP contribution in [0.5, 0.6) is 0 Å². The zero-order valence-corrected chi connectivity index (χ0v) is 15.1. The Morgan fingerprint density at radius 1 is 1.22 bits per heavy atom. The summed E-state index contributed by atoms with van der Waals surface area (Å²) in [5.74, 6) is -0.912. The summed E-state index contributed by atoms with van der Waals surface area (Å²) < 4.78 is 3.97. The molecule has 0 unspecified atom stereocenters. The zero-order chi connectivity index (χ0) is 17.3. The molecular weight excluding hydrogens is 337 g/mol. The van der Waals surface area contributed by atoms with Crippen LogP contribution in [-0.2, 0) is 27.2 Å². The van der Waals surface area contributed by atoms with Crippen LogP contribution in [0.3, 0.4) is 0 Å². The Kier molecular flexibility index (Phi) is 5.27. The number of aryl methyl sites for hydroxylation is 2. The standard InChI is InChI=1S/C17H21Cl2NO3/c1-4-11-7-6-8-12(5-2)14(11)20-13(21)9-23-15(22)16(3)10-17(16,18)19/h6-8H,4-5,9-10H2,1-3H3,(H,20,21)/t16-/m1/s1. The summed E-state index contributed by atoms with van der Waals surface area (Å²) in [6.07, 6.45) is 1.95. The summed E-state index contributed by atoms with van der Waals surface area (Å²) in [5.41, 5.74) is 1.99. The van der Waals surface area contributed by atoms with Gasteiger partial charge >= 0.3 is 5.97 Å². The molecule has 1 amide bonds. The van der Waals surface area contributed by atoms with Crippen LogP contribution in [0.25, 0.3) is 0 Å². The van der Waals surface area contributed by atoms with Crippen LogP contribution in [0.2, 0.25) is 0 Å². The Balaban J connectivity index is 1.97. The van der Waals surface area contributed by atoms with Crippen LogP contribution in [0.1, 0.15) is 38.3 Å². The molecule has 1 aliphatic carbocycles. The fourth-order valence-electron chi connectivity index (χ4n) is 2.49.